The molecule has 0 fully saturated rings. The molecule has 0 saturated carbocycles. The first-order chi connectivity index (χ1) is 16.2. The molecule has 3 aromatic rings. The van der Waals surface area contributed by atoms with Crippen LogP contribution in [0.1, 0.15) is 28.4 Å². The summed E-state index contributed by atoms with van der Waals surface area (Å²) in [5.41, 5.74) is -0.0537. The van der Waals surface area contributed by atoms with Gasteiger partial charge in [0.2, 0.25) is 5.75 Å². The van der Waals surface area contributed by atoms with Gasteiger partial charge in [0.25, 0.3) is 5.56 Å². The molecule has 0 unspecified atom stereocenters. The normalized spacial score (nSPS) is 13.0. The largest absolute Gasteiger partial charge is 0.506 e. The van der Waals surface area contributed by atoms with Crippen LogP contribution in [0.2, 0.25) is 0 Å². The number of aromatic nitrogens is 1. The summed E-state index contributed by atoms with van der Waals surface area (Å²) in [4.78, 5) is 26.3. The van der Waals surface area contributed by atoms with E-state index in [4.69, 9.17) is 9.47 Å². The average molecular weight is 472 g/mol. The van der Waals surface area contributed by atoms with Gasteiger partial charge in [0, 0.05) is 31.4 Å². The molecule has 0 amide bonds. The number of phenolic OH excluding ortho intramolecular Hbond substituents is 1. The van der Waals surface area contributed by atoms with Crippen molar-refractivity contribution in [1.29, 1.82) is 0 Å². The minimum absolute atomic E-state index is 0.0678. The number of hydrogen-bond acceptors (Lipinski definition) is 9. The van der Waals surface area contributed by atoms with E-state index in [9.17, 15) is 30.0 Å². The van der Waals surface area contributed by atoms with Gasteiger partial charge in [0.1, 0.15) is 11.3 Å². The van der Waals surface area contributed by atoms with Gasteiger partial charge in [-0.25, -0.2) is 0 Å². The predicted octanol–water partition coefficient (Wildman–Crippen LogP) is 1.22. The van der Waals surface area contributed by atoms with Gasteiger partial charge in [-0.2, -0.15) is 0 Å². The van der Waals surface area contributed by atoms with Crippen LogP contribution in [0.5, 0.6) is 23.0 Å². The van der Waals surface area contributed by atoms with Crippen LogP contribution in [-0.2, 0) is 7.05 Å². The van der Waals surface area contributed by atoms with Gasteiger partial charge in [-0.15, -0.1) is 0 Å². The number of ketones is 1. The number of aromatic hydroxyl groups is 2. The van der Waals surface area contributed by atoms with Crippen LogP contribution in [0.15, 0.2) is 41.2 Å². The number of rotatable bonds is 10. The van der Waals surface area contributed by atoms with Crippen molar-refractivity contribution in [2.24, 2.45) is 7.05 Å². The number of nitrogens with zero attached hydrogens (tertiary/aromatic N) is 1. The van der Waals surface area contributed by atoms with Crippen molar-refractivity contribution < 1.29 is 34.7 Å². The Morgan fingerprint density at radius 3 is 2.29 bits per heavy atom. The Bertz CT molecular complexity index is 1230. The standard InChI is InChI=1S/C24H28N2O8/c1-26-17-7-5-4-6-15(17)22(30)21(24(26)32)18(29)10-16(25-11-14(28)12-27)13-8-19(33-2)23(31)20(9-13)34-3/h4-9,14,16,25,27-28,30-31H,10-12H2,1-3H3/t14-,16+/m0/s1. The SMILES string of the molecule is COc1cc([C@@H](CC(=O)c2c(O)c3ccccc3n(C)c2=O)NC[C@H](O)CO)cc(OC)c1O. The Morgan fingerprint density at radius 1 is 1.09 bits per heavy atom. The zero-order valence-electron chi connectivity index (χ0n) is 19.1. The van der Waals surface area contributed by atoms with E-state index >= 15 is 0 Å². The second-order valence-electron chi connectivity index (χ2n) is 7.80. The Hall–Kier alpha value is -3.60. The quantitative estimate of drug-likeness (QED) is 0.274. The lowest BCUT2D eigenvalue weighted by Gasteiger charge is -2.22. The molecule has 2 aromatic carbocycles. The number of hydrogen-bond donors (Lipinski definition) is 5. The highest BCUT2D eigenvalue weighted by Gasteiger charge is 2.26. The first-order valence-corrected chi connectivity index (χ1v) is 10.5. The number of aliphatic hydroxyl groups is 2. The number of para-hydroxylation sites is 1. The molecule has 1 aromatic heterocycles. The molecule has 0 bridgehead atoms. The van der Waals surface area contributed by atoms with Crippen LogP contribution in [-0.4, -0.2) is 64.3 Å². The number of methoxy groups -OCH3 is 2. The van der Waals surface area contributed by atoms with Crippen molar-refractivity contribution in [3.63, 3.8) is 0 Å². The van der Waals surface area contributed by atoms with Gasteiger partial charge < -0.3 is 39.8 Å². The fourth-order valence-electron chi connectivity index (χ4n) is 3.78. The van der Waals surface area contributed by atoms with E-state index in [1.165, 1.54) is 38.0 Å². The zero-order chi connectivity index (χ0) is 25.0. The summed E-state index contributed by atoms with van der Waals surface area (Å²) in [6, 6.07) is 8.90. The van der Waals surface area contributed by atoms with Crippen molar-refractivity contribution in [3.8, 4) is 23.0 Å². The zero-order valence-corrected chi connectivity index (χ0v) is 19.1. The summed E-state index contributed by atoms with van der Waals surface area (Å²) in [7, 11) is 4.24. The summed E-state index contributed by atoms with van der Waals surface area (Å²) >= 11 is 0. The lowest BCUT2D eigenvalue weighted by molar-refractivity contribution is 0.0877. The maximum absolute atomic E-state index is 13.3. The van der Waals surface area contributed by atoms with Crippen LogP contribution in [0.4, 0.5) is 0 Å². The first kappa shape index (κ1) is 25.0. The number of aliphatic hydroxyl groups excluding tert-OH is 2. The fourth-order valence-corrected chi connectivity index (χ4v) is 3.78. The number of pyridine rings is 1. The second kappa shape index (κ2) is 10.6. The number of ether oxygens (including phenoxy) is 2. The molecule has 0 aliphatic carbocycles. The van der Waals surface area contributed by atoms with Crippen molar-refractivity contribution in [1.82, 2.24) is 9.88 Å². The van der Waals surface area contributed by atoms with Crippen molar-refractivity contribution in [2.45, 2.75) is 18.6 Å². The number of Topliss-reactive ketones (excluding diaryl/α,β-unsaturated/α-hetero) is 1. The van der Waals surface area contributed by atoms with Gasteiger partial charge in [-0.3, -0.25) is 9.59 Å². The summed E-state index contributed by atoms with van der Waals surface area (Å²) in [6.45, 7) is -0.566. The third-order valence-corrected chi connectivity index (χ3v) is 5.66. The summed E-state index contributed by atoms with van der Waals surface area (Å²) in [5, 5.41) is 43.3. The highest BCUT2D eigenvalue weighted by Crippen LogP contribution is 2.39. The van der Waals surface area contributed by atoms with Gasteiger partial charge in [0.05, 0.1) is 32.4 Å². The van der Waals surface area contributed by atoms with E-state index in [2.05, 4.69) is 5.32 Å². The maximum atomic E-state index is 13.3. The molecule has 10 nitrogen and oxygen atoms in total. The fraction of sp³-hybridized carbons (Fsp3) is 0.333. The summed E-state index contributed by atoms with van der Waals surface area (Å²) < 4.78 is 11.7. The lowest BCUT2D eigenvalue weighted by Crippen LogP contribution is -2.34. The number of carbonyl (C=O) groups is 1. The topological polar surface area (TPSA) is 150 Å². The molecule has 0 spiro atoms. The van der Waals surface area contributed by atoms with E-state index < -0.39 is 35.8 Å². The second-order valence-corrected chi connectivity index (χ2v) is 7.80. The molecule has 0 saturated heterocycles. The smallest absolute Gasteiger partial charge is 0.265 e. The molecule has 3 rings (SSSR count). The molecular weight excluding hydrogens is 444 g/mol. The molecular formula is C24H28N2O8. The monoisotopic (exact) mass is 472 g/mol. The van der Waals surface area contributed by atoms with Gasteiger partial charge in [-0.05, 0) is 29.8 Å². The van der Waals surface area contributed by atoms with Crippen LogP contribution in [0.3, 0.4) is 0 Å². The molecule has 34 heavy (non-hydrogen) atoms. The minimum atomic E-state index is -1.10. The van der Waals surface area contributed by atoms with Crippen molar-refractivity contribution >= 4 is 16.7 Å². The lowest BCUT2D eigenvalue weighted by atomic mass is 9.96. The molecule has 1 heterocycles. The molecule has 0 aliphatic rings. The average Bonchev–Trinajstić information content (AvgIpc) is 2.85. The van der Waals surface area contributed by atoms with Crippen LogP contribution >= 0.6 is 0 Å². The van der Waals surface area contributed by atoms with Crippen LogP contribution in [0, 0.1) is 0 Å². The molecule has 2 atom stereocenters. The number of aryl methyl sites for hydroxylation is 1. The van der Waals surface area contributed by atoms with Gasteiger partial charge in [0.15, 0.2) is 17.3 Å². The molecule has 10 heteroatoms. The van der Waals surface area contributed by atoms with Crippen molar-refractivity contribution in [2.75, 3.05) is 27.4 Å². The van der Waals surface area contributed by atoms with Gasteiger partial charge in [-0.1, -0.05) is 12.1 Å². The Kier molecular flexibility index (Phi) is 7.77. The maximum Gasteiger partial charge on any atom is 0.265 e. The third kappa shape index (κ3) is 4.84. The van der Waals surface area contributed by atoms with Crippen LogP contribution < -0.4 is 20.3 Å². The minimum Gasteiger partial charge on any atom is -0.506 e. The molecule has 182 valence electrons. The molecule has 0 radical (unpaired) electrons. The van der Waals surface area contributed by atoms with Crippen LogP contribution in [0.25, 0.3) is 10.9 Å². The Labute approximate surface area is 195 Å². The van der Waals surface area contributed by atoms with E-state index in [1.54, 1.807) is 24.3 Å². The van der Waals surface area contributed by atoms with Gasteiger partial charge >= 0.3 is 0 Å². The number of fused-ring (bicyclic) bond motifs is 1. The summed E-state index contributed by atoms with van der Waals surface area (Å²) in [6.07, 6.45) is -1.38. The first-order valence-electron chi connectivity index (χ1n) is 10.5. The van der Waals surface area contributed by atoms with E-state index in [0.717, 1.165) is 0 Å². The van der Waals surface area contributed by atoms with E-state index in [1.807, 2.05) is 0 Å². The van der Waals surface area contributed by atoms with Crippen molar-refractivity contribution in [3.05, 3.63) is 57.9 Å². The Balaban J connectivity index is 2.06. The Morgan fingerprint density at radius 2 is 1.71 bits per heavy atom. The molecule has 5 N–H and O–H groups in total. The highest BCUT2D eigenvalue weighted by molar-refractivity contribution is 6.03. The number of phenols is 1. The highest BCUT2D eigenvalue weighted by atomic mass is 16.5. The number of carbonyl (C=O) groups excluding carboxylic acids is 1. The predicted molar refractivity (Wildman–Crippen MR) is 125 cm³/mol. The third-order valence-electron chi connectivity index (χ3n) is 5.66. The van der Waals surface area contributed by atoms with E-state index in [0.29, 0.717) is 16.5 Å². The number of benzene rings is 2. The van der Waals surface area contributed by atoms with E-state index in [-0.39, 0.29) is 35.8 Å². The summed E-state index contributed by atoms with van der Waals surface area (Å²) in [5.74, 6) is -1.07. The number of nitrogens with one attached hydrogen (secondary N) is 1. The molecule has 0 aliphatic heterocycles.